The molecule has 5 rings (SSSR count). The van der Waals surface area contributed by atoms with Gasteiger partial charge in [-0.1, -0.05) is 35.5 Å². The van der Waals surface area contributed by atoms with E-state index in [1.165, 1.54) is 6.26 Å². The van der Waals surface area contributed by atoms with Crippen molar-refractivity contribution in [3.63, 3.8) is 0 Å². The summed E-state index contributed by atoms with van der Waals surface area (Å²) in [4.78, 5) is 33.1. The minimum atomic E-state index is -0.854. The van der Waals surface area contributed by atoms with E-state index in [4.69, 9.17) is 13.7 Å². The summed E-state index contributed by atoms with van der Waals surface area (Å²) in [5.41, 5.74) is 2.19. The van der Waals surface area contributed by atoms with Crippen LogP contribution in [0.2, 0.25) is 0 Å². The molecule has 1 N–H and O–H groups in total. The molecule has 3 aromatic heterocycles. The van der Waals surface area contributed by atoms with E-state index in [2.05, 4.69) is 15.5 Å². The van der Waals surface area contributed by atoms with Crippen LogP contribution in [0.5, 0.6) is 0 Å². The predicted octanol–water partition coefficient (Wildman–Crippen LogP) is 3.12. The third-order valence-corrected chi connectivity index (χ3v) is 5.61. The molecule has 0 spiro atoms. The number of amides is 2. The molecule has 1 aliphatic rings. The largest absolute Gasteiger partial charge is 0.463 e. The van der Waals surface area contributed by atoms with Crippen LogP contribution < -0.4 is 5.32 Å². The van der Waals surface area contributed by atoms with Gasteiger partial charge in [0.2, 0.25) is 5.91 Å². The Hall–Kier alpha value is -3.98. The SMILES string of the molecule is Cc1noc2nc(-c3ccco3)cc(C(=O)N[C@H](C(=O)N3CCOCC3)c3ccccc3)c12. The van der Waals surface area contributed by atoms with Gasteiger partial charge in [-0.2, -0.15) is 0 Å². The van der Waals surface area contributed by atoms with Gasteiger partial charge >= 0.3 is 0 Å². The van der Waals surface area contributed by atoms with Crippen molar-refractivity contribution in [1.29, 1.82) is 0 Å². The maximum absolute atomic E-state index is 13.6. The van der Waals surface area contributed by atoms with Crippen molar-refractivity contribution in [3.8, 4) is 11.5 Å². The van der Waals surface area contributed by atoms with Crippen LogP contribution in [0, 0.1) is 6.92 Å². The van der Waals surface area contributed by atoms with E-state index in [-0.39, 0.29) is 11.6 Å². The Balaban J connectivity index is 1.53. The fourth-order valence-corrected chi connectivity index (χ4v) is 3.93. The average molecular weight is 446 g/mol. The van der Waals surface area contributed by atoms with Crippen molar-refractivity contribution in [3.05, 3.63) is 71.6 Å². The number of aryl methyl sites for hydroxylation is 1. The van der Waals surface area contributed by atoms with Gasteiger partial charge in [0.25, 0.3) is 11.6 Å². The van der Waals surface area contributed by atoms with Crippen molar-refractivity contribution >= 4 is 22.9 Å². The van der Waals surface area contributed by atoms with E-state index in [1.54, 1.807) is 30.0 Å². The first-order chi connectivity index (χ1) is 16.1. The molecule has 0 bridgehead atoms. The molecule has 9 nitrogen and oxygen atoms in total. The summed E-state index contributed by atoms with van der Waals surface area (Å²) < 4.78 is 16.2. The number of hydrogen-bond acceptors (Lipinski definition) is 7. The highest BCUT2D eigenvalue weighted by molar-refractivity contribution is 6.08. The number of morpholine rings is 1. The van der Waals surface area contributed by atoms with Crippen molar-refractivity contribution in [2.24, 2.45) is 0 Å². The van der Waals surface area contributed by atoms with Crippen molar-refractivity contribution in [1.82, 2.24) is 20.4 Å². The lowest BCUT2D eigenvalue weighted by Gasteiger charge is -2.31. The van der Waals surface area contributed by atoms with Crippen LogP contribution >= 0.6 is 0 Å². The molecule has 168 valence electrons. The molecule has 9 heteroatoms. The maximum atomic E-state index is 13.6. The van der Waals surface area contributed by atoms with Crippen LogP contribution in [-0.4, -0.2) is 53.2 Å². The van der Waals surface area contributed by atoms with Gasteiger partial charge in [-0.25, -0.2) is 4.98 Å². The zero-order chi connectivity index (χ0) is 22.8. The molecular weight excluding hydrogens is 424 g/mol. The molecule has 4 heterocycles. The van der Waals surface area contributed by atoms with Crippen LogP contribution in [0.3, 0.4) is 0 Å². The molecule has 1 aliphatic heterocycles. The second-order valence-corrected chi connectivity index (χ2v) is 7.74. The molecule has 2 amide bonds. The molecule has 1 aromatic carbocycles. The van der Waals surface area contributed by atoms with Crippen molar-refractivity contribution in [2.45, 2.75) is 13.0 Å². The lowest BCUT2D eigenvalue weighted by atomic mass is 10.0. The minimum Gasteiger partial charge on any atom is -0.463 e. The summed E-state index contributed by atoms with van der Waals surface area (Å²) in [5, 5.41) is 7.39. The Morgan fingerprint density at radius 1 is 1.09 bits per heavy atom. The molecule has 0 saturated carbocycles. The van der Waals surface area contributed by atoms with E-state index < -0.39 is 11.9 Å². The Bertz CT molecular complexity index is 1280. The summed E-state index contributed by atoms with van der Waals surface area (Å²) in [6.07, 6.45) is 1.53. The Morgan fingerprint density at radius 2 is 1.88 bits per heavy atom. The number of ether oxygens (including phenoxy) is 1. The van der Waals surface area contributed by atoms with Crippen LogP contribution in [0.25, 0.3) is 22.6 Å². The third-order valence-electron chi connectivity index (χ3n) is 5.61. The quantitative estimate of drug-likeness (QED) is 0.501. The number of carbonyl (C=O) groups is 2. The number of furan rings is 1. The van der Waals surface area contributed by atoms with Gasteiger partial charge in [0.05, 0.1) is 36.1 Å². The van der Waals surface area contributed by atoms with Crippen LogP contribution in [0.1, 0.15) is 27.7 Å². The zero-order valence-electron chi connectivity index (χ0n) is 18.0. The van der Waals surface area contributed by atoms with Gasteiger partial charge in [-0.05, 0) is 30.7 Å². The molecule has 0 unspecified atom stereocenters. The number of benzene rings is 1. The van der Waals surface area contributed by atoms with E-state index in [9.17, 15) is 9.59 Å². The maximum Gasteiger partial charge on any atom is 0.259 e. The highest BCUT2D eigenvalue weighted by Crippen LogP contribution is 2.28. The van der Waals surface area contributed by atoms with Gasteiger partial charge in [0.15, 0.2) is 5.76 Å². The van der Waals surface area contributed by atoms with Gasteiger partial charge in [-0.15, -0.1) is 0 Å². The van der Waals surface area contributed by atoms with E-state index in [0.717, 1.165) is 0 Å². The number of nitrogens with zero attached hydrogens (tertiary/aromatic N) is 3. The number of aromatic nitrogens is 2. The van der Waals surface area contributed by atoms with Gasteiger partial charge in [0.1, 0.15) is 11.7 Å². The topological polar surface area (TPSA) is 111 Å². The van der Waals surface area contributed by atoms with Crippen LogP contribution in [-0.2, 0) is 9.53 Å². The van der Waals surface area contributed by atoms with E-state index >= 15 is 0 Å². The molecule has 4 aromatic rings. The summed E-state index contributed by atoms with van der Waals surface area (Å²) in [7, 11) is 0. The fourth-order valence-electron chi connectivity index (χ4n) is 3.93. The average Bonchev–Trinajstić information content (AvgIpc) is 3.53. The first kappa shape index (κ1) is 20.9. The second kappa shape index (κ2) is 8.87. The molecule has 0 aliphatic carbocycles. The Morgan fingerprint density at radius 3 is 2.61 bits per heavy atom. The molecule has 1 fully saturated rings. The van der Waals surface area contributed by atoms with Gasteiger partial charge in [0, 0.05) is 13.1 Å². The molecular formula is C24H22N4O5. The van der Waals surface area contributed by atoms with Gasteiger partial charge < -0.3 is 23.9 Å². The summed E-state index contributed by atoms with van der Waals surface area (Å²) >= 11 is 0. The first-order valence-corrected chi connectivity index (χ1v) is 10.6. The third kappa shape index (κ3) is 4.10. The fraction of sp³-hybridized carbons (Fsp3) is 0.250. The second-order valence-electron chi connectivity index (χ2n) is 7.74. The number of hydrogen-bond donors (Lipinski definition) is 1. The zero-order valence-corrected chi connectivity index (χ0v) is 18.0. The van der Waals surface area contributed by atoms with E-state index in [1.807, 2.05) is 30.3 Å². The Kier molecular flexibility index (Phi) is 5.62. The number of fused-ring (bicyclic) bond motifs is 1. The van der Waals surface area contributed by atoms with Crippen molar-refractivity contribution < 1.29 is 23.3 Å². The molecule has 1 saturated heterocycles. The van der Waals surface area contributed by atoms with Crippen molar-refractivity contribution in [2.75, 3.05) is 26.3 Å². The number of rotatable bonds is 5. The number of pyridine rings is 1. The highest BCUT2D eigenvalue weighted by Gasteiger charge is 2.30. The first-order valence-electron chi connectivity index (χ1n) is 10.6. The van der Waals surface area contributed by atoms with Crippen LogP contribution in [0.4, 0.5) is 0 Å². The standard InChI is InChI=1S/C24H22N4O5/c1-15-20-17(14-18(19-8-5-11-32-19)25-23(20)33-27-15)22(29)26-21(16-6-3-2-4-7-16)24(30)28-9-12-31-13-10-28/h2-8,11,14,21H,9-10,12-13H2,1H3,(H,26,29)/t21-/m0/s1. The predicted molar refractivity (Wildman–Crippen MR) is 118 cm³/mol. The number of carbonyl (C=O) groups excluding carboxylic acids is 2. The summed E-state index contributed by atoms with van der Waals surface area (Å²) in [6.45, 7) is 3.64. The smallest absolute Gasteiger partial charge is 0.259 e. The highest BCUT2D eigenvalue weighted by atomic mass is 16.5. The number of nitrogens with one attached hydrogen (secondary N) is 1. The lowest BCUT2D eigenvalue weighted by molar-refractivity contribution is -0.137. The lowest BCUT2D eigenvalue weighted by Crippen LogP contribution is -2.47. The van der Waals surface area contributed by atoms with Gasteiger partial charge in [-0.3, -0.25) is 9.59 Å². The Labute approximate surface area is 189 Å². The monoisotopic (exact) mass is 446 g/mol. The van der Waals surface area contributed by atoms with E-state index in [0.29, 0.717) is 60.0 Å². The minimum absolute atomic E-state index is 0.184. The molecule has 0 radical (unpaired) electrons. The summed E-state index contributed by atoms with van der Waals surface area (Å²) in [6, 6.07) is 13.4. The normalized spacial score (nSPS) is 14.9. The van der Waals surface area contributed by atoms with Crippen LogP contribution in [0.15, 0.2) is 63.7 Å². The molecule has 33 heavy (non-hydrogen) atoms. The molecule has 1 atom stereocenters. The summed E-state index contributed by atoms with van der Waals surface area (Å²) in [5.74, 6) is -0.127.